The van der Waals surface area contributed by atoms with Crippen molar-refractivity contribution in [3.05, 3.63) is 24.3 Å². The van der Waals surface area contributed by atoms with Gasteiger partial charge in [0, 0.05) is 5.66 Å². The minimum absolute atomic E-state index is 0.305. The summed E-state index contributed by atoms with van der Waals surface area (Å²) < 4.78 is 0. The Labute approximate surface area is 70.1 Å². The summed E-state index contributed by atoms with van der Waals surface area (Å²) in [6, 6.07) is 0. The second kappa shape index (κ2) is 2.75. The first-order chi connectivity index (χ1) is 5.29. The fraction of sp³-hybridized carbons (Fsp3) is 0.600. The van der Waals surface area contributed by atoms with Crippen LogP contribution in [0.1, 0.15) is 20.3 Å². The van der Waals surface area contributed by atoms with E-state index in [1.165, 1.54) is 6.42 Å². The molecule has 1 heteroatoms. The Hall–Kier alpha value is -0.0900. The number of allylic oxidation sites excluding steroid dienone is 4. The Balaban J connectivity index is 2.04. The molecule has 1 fully saturated rings. The molecule has 0 spiro atoms. The molecular weight excluding hydrogens is 151 g/mol. The molecule has 0 nitrogen and oxygen atoms in total. The van der Waals surface area contributed by atoms with Crippen LogP contribution in [0.3, 0.4) is 0 Å². The smallest absolute Gasteiger partial charge is 0.0161 e. The average molecular weight is 166 g/mol. The molecule has 0 amide bonds. The van der Waals surface area contributed by atoms with Crippen LogP contribution < -0.4 is 0 Å². The van der Waals surface area contributed by atoms with Crippen molar-refractivity contribution in [3.8, 4) is 0 Å². The van der Waals surface area contributed by atoms with E-state index in [-0.39, 0.29) is 0 Å². The van der Waals surface area contributed by atoms with Crippen LogP contribution in [0.4, 0.5) is 0 Å². The first kappa shape index (κ1) is 7.55. The van der Waals surface area contributed by atoms with Gasteiger partial charge in [-0.1, -0.05) is 46.1 Å². The highest BCUT2D eigenvalue weighted by Gasteiger charge is 2.37. The van der Waals surface area contributed by atoms with Crippen molar-refractivity contribution in [1.82, 2.24) is 0 Å². The lowest BCUT2D eigenvalue weighted by Crippen LogP contribution is -2.29. The summed E-state index contributed by atoms with van der Waals surface area (Å²) in [5, 5.41) is 0. The molecule has 1 saturated heterocycles. The van der Waals surface area contributed by atoms with Gasteiger partial charge in [0.1, 0.15) is 0 Å². The maximum absolute atomic E-state index is 2.41. The molecule has 11 heavy (non-hydrogen) atoms. The lowest BCUT2D eigenvalue weighted by molar-refractivity contribution is 0.701. The van der Waals surface area contributed by atoms with Crippen molar-refractivity contribution in [1.29, 1.82) is 0 Å². The summed E-state index contributed by atoms with van der Waals surface area (Å²) in [7, 11) is 0.305. The van der Waals surface area contributed by atoms with Crippen LogP contribution in [0.5, 0.6) is 0 Å². The van der Waals surface area contributed by atoms with Gasteiger partial charge in [-0.25, -0.2) is 0 Å². The van der Waals surface area contributed by atoms with Crippen molar-refractivity contribution in [3.63, 3.8) is 0 Å². The molecule has 2 rings (SSSR count). The van der Waals surface area contributed by atoms with E-state index in [0.717, 1.165) is 17.0 Å². The quantitative estimate of drug-likeness (QED) is 0.525. The molecular formula is C10H15P. The van der Waals surface area contributed by atoms with E-state index < -0.39 is 0 Å². The normalized spacial score (nSPS) is 38.0. The molecule has 0 unspecified atom stereocenters. The number of hydrogen-bond donors (Lipinski definition) is 0. The van der Waals surface area contributed by atoms with Gasteiger partial charge in [0.25, 0.3) is 0 Å². The fourth-order valence-corrected chi connectivity index (χ4v) is 5.61. The van der Waals surface area contributed by atoms with Crippen LogP contribution in [0, 0.1) is 0 Å². The van der Waals surface area contributed by atoms with Gasteiger partial charge >= 0.3 is 0 Å². The van der Waals surface area contributed by atoms with Crippen LogP contribution in [0.15, 0.2) is 24.3 Å². The molecule has 0 aromatic rings. The topological polar surface area (TPSA) is 0 Å². The van der Waals surface area contributed by atoms with Gasteiger partial charge < -0.3 is 0 Å². The van der Waals surface area contributed by atoms with E-state index in [1.807, 2.05) is 0 Å². The second-order valence-corrected chi connectivity index (χ2v) is 6.90. The Morgan fingerprint density at radius 3 is 2.09 bits per heavy atom. The molecule has 0 saturated carbocycles. The molecule has 1 aliphatic heterocycles. The van der Waals surface area contributed by atoms with Gasteiger partial charge in [0.15, 0.2) is 0 Å². The summed E-state index contributed by atoms with van der Waals surface area (Å²) >= 11 is 0. The summed E-state index contributed by atoms with van der Waals surface area (Å²) in [4.78, 5) is 0. The van der Waals surface area contributed by atoms with Crippen molar-refractivity contribution in [2.75, 3.05) is 0 Å². The molecule has 0 aromatic carbocycles. The van der Waals surface area contributed by atoms with Gasteiger partial charge in [0.2, 0.25) is 0 Å². The Morgan fingerprint density at radius 1 is 1.09 bits per heavy atom. The summed E-state index contributed by atoms with van der Waals surface area (Å²) in [5.41, 5.74) is 2.85. The fourth-order valence-electron chi connectivity index (χ4n) is 2.24. The number of rotatable bonds is 1. The minimum atomic E-state index is 0.305. The first-order valence-electron chi connectivity index (χ1n) is 4.41. The third-order valence-electron chi connectivity index (χ3n) is 2.77. The zero-order valence-corrected chi connectivity index (χ0v) is 8.09. The minimum Gasteiger partial charge on any atom is -0.0898 e. The third kappa shape index (κ3) is 1.18. The van der Waals surface area contributed by atoms with Gasteiger partial charge in [-0.05, 0) is 17.7 Å². The van der Waals surface area contributed by atoms with Gasteiger partial charge in [-0.2, -0.15) is 0 Å². The maximum Gasteiger partial charge on any atom is 0.0161 e. The predicted octanol–water partition coefficient (Wildman–Crippen LogP) is 3.14. The number of hydrogen-bond acceptors (Lipinski definition) is 0. The standard InChI is InChI=1S/C10H15P/c1-8-7-9(2)11(8)10-5-3-4-6-10/h3-6,8-10H,7H2,1-2H3/t8-,9-/m1/s1. The Morgan fingerprint density at radius 2 is 1.64 bits per heavy atom. The second-order valence-electron chi connectivity index (χ2n) is 3.64. The highest BCUT2D eigenvalue weighted by atomic mass is 31.1. The van der Waals surface area contributed by atoms with Crippen molar-refractivity contribution >= 4 is 7.92 Å². The van der Waals surface area contributed by atoms with Crippen LogP contribution in [0.25, 0.3) is 0 Å². The molecule has 0 radical (unpaired) electrons. The van der Waals surface area contributed by atoms with E-state index in [0.29, 0.717) is 7.92 Å². The van der Waals surface area contributed by atoms with E-state index in [4.69, 9.17) is 0 Å². The van der Waals surface area contributed by atoms with Crippen molar-refractivity contribution in [2.24, 2.45) is 0 Å². The van der Waals surface area contributed by atoms with E-state index in [2.05, 4.69) is 38.2 Å². The molecule has 2 aliphatic rings. The Kier molecular flexibility index (Phi) is 1.89. The van der Waals surface area contributed by atoms with E-state index >= 15 is 0 Å². The summed E-state index contributed by atoms with van der Waals surface area (Å²) in [5.74, 6) is 0. The maximum atomic E-state index is 2.41. The van der Waals surface area contributed by atoms with Crippen LogP contribution in [0.2, 0.25) is 0 Å². The van der Waals surface area contributed by atoms with E-state index in [9.17, 15) is 0 Å². The Bertz CT molecular complexity index is 185. The van der Waals surface area contributed by atoms with E-state index in [1.54, 1.807) is 0 Å². The van der Waals surface area contributed by atoms with Crippen molar-refractivity contribution < 1.29 is 0 Å². The van der Waals surface area contributed by atoms with Gasteiger partial charge in [0.05, 0.1) is 0 Å². The van der Waals surface area contributed by atoms with Crippen LogP contribution >= 0.6 is 7.92 Å². The summed E-state index contributed by atoms with van der Waals surface area (Å²) in [6.45, 7) is 4.82. The van der Waals surface area contributed by atoms with Crippen LogP contribution in [-0.2, 0) is 0 Å². The zero-order chi connectivity index (χ0) is 7.84. The average Bonchev–Trinajstić information content (AvgIpc) is 2.39. The molecule has 2 atom stereocenters. The largest absolute Gasteiger partial charge is 0.0898 e. The van der Waals surface area contributed by atoms with Crippen molar-refractivity contribution in [2.45, 2.75) is 37.2 Å². The first-order valence-corrected chi connectivity index (χ1v) is 5.96. The highest BCUT2D eigenvalue weighted by molar-refractivity contribution is 7.62. The summed E-state index contributed by atoms with van der Waals surface area (Å²) in [6.07, 6.45) is 10.6. The molecule has 1 aliphatic carbocycles. The molecule has 0 bridgehead atoms. The highest BCUT2D eigenvalue weighted by Crippen LogP contribution is 2.63. The SMILES string of the molecule is C[C@@H]1C[C@@H](C)P1C1C=CC=C1. The molecule has 0 aromatic heterocycles. The molecule has 60 valence electrons. The predicted molar refractivity (Wildman–Crippen MR) is 52.5 cm³/mol. The lowest BCUT2D eigenvalue weighted by atomic mass is 10.2. The van der Waals surface area contributed by atoms with Gasteiger partial charge in [-0.15, -0.1) is 0 Å². The van der Waals surface area contributed by atoms with Crippen LogP contribution in [-0.4, -0.2) is 17.0 Å². The molecule has 1 heterocycles. The zero-order valence-electron chi connectivity index (χ0n) is 7.20. The van der Waals surface area contributed by atoms with Gasteiger partial charge in [-0.3, -0.25) is 0 Å². The molecule has 0 N–H and O–H groups in total. The third-order valence-corrected chi connectivity index (χ3v) is 6.26. The lowest BCUT2D eigenvalue weighted by Gasteiger charge is -2.44. The monoisotopic (exact) mass is 166 g/mol.